The molecular weight excluding hydrogens is 600 g/mol. The molecule has 7 nitrogen and oxygen atoms in total. The van der Waals surface area contributed by atoms with Crippen LogP contribution in [0.15, 0.2) is 109 Å². The Labute approximate surface area is 278 Å². The van der Waals surface area contributed by atoms with Crippen LogP contribution in [0.4, 0.5) is 5.69 Å². The Hall–Kier alpha value is -5.95. The highest BCUT2D eigenvalue weighted by molar-refractivity contribution is 6.35. The van der Waals surface area contributed by atoms with Crippen LogP contribution in [0.3, 0.4) is 0 Å². The second kappa shape index (κ2) is 11.4. The van der Waals surface area contributed by atoms with Gasteiger partial charge in [0, 0.05) is 23.6 Å². The maximum atomic E-state index is 13.6. The van der Waals surface area contributed by atoms with Gasteiger partial charge in [0.2, 0.25) is 0 Å². The van der Waals surface area contributed by atoms with Gasteiger partial charge in [-0.2, -0.15) is 0 Å². The summed E-state index contributed by atoms with van der Waals surface area (Å²) < 4.78 is 0. The van der Waals surface area contributed by atoms with Gasteiger partial charge in [0.25, 0.3) is 23.6 Å². The molecule has 0 unspecified atom stereocenters. The predicted octanol–water partition coefficient (Wildman–Crippen LogP) is 7.17. The minimum atomic E-state index is -0.517. The molecule has 5 aromatic carbocycles. The molecule has 236 valence electrons. The fourth-order valence-corrected chi connectivity index (χ4v) is 6.46. The highest BCUT2D eigenvalue weighted by Gasteiger charge is 2.38. The van der Waals surface area contributed by atoms with Gasteiger partial charge in [-0.3, -0.25) is 28.9 Å². The molecule has 4 amide bonds. The maximum absolute atomic E-state index is 13.6. The number of nitrogens with zero attached hydrogens (tertiary/aromatic N) is 2. The molecule has 2 aliphatic rings. The van der Waals surface area contributed by atoms with Crippen molar-refractivity contribution in [1.29, 1.82) is 0 Å². The second-order valence-corrected chi connectivity index (χ2v) is 13.0. The number of imide groups is 2. The highest BCUT2D eigenvalue weighted by atomic mass is 16.2. The van der Waals surface area contributed by atoms with E-state index < -0.39 is 29.4 Å². The molecule has 0 bridgehead atoms. The second-order valence-electron chi connectivity index (χ2n) is 13.0. The summed E-state index contributed by atoms with van der Waals surface area (Å²) in [4.78, 5) is 67.2. The largest absolute Gasteiger partial charge is 0.289 e. The standard InChI is InChI=1S/C41H32N2O5/c1-24-5-7-25(8-6-24)21-26-9-13-29(14-10-26)41(2,3)30-15-17-31(18-16-30)43-39(47)33-20-12-28(23-35(33)40(43)48)36(44)27-11-19-32-34(22-27)38(46)42(4)37(32)45/h5-20,22-23H,21H2,1-4H3. The van der Waals surface area contributed by atoms with Crippen LogP contribution in [0.25, 0.3) is 0 Å². The molecule has 0 atom stereocenters. The molecule has 7 rings (SSSR count). The summed E-state index contributed by atoms with van der Waals surface area (Å²) in [5, 5.41) is 0. The summed E-state index contributed by atoms with van der Waals surface area (Å²) in [6.45, 7) is 6.37. The van der Waals surface area contributed by atoms with Crippen molar-refractivity contribution in [2.45, 2.75) is 32.6 Å². The zero-order chi connectivity index (χ0) is 33.9. The molecule has 0 radical (unpaired) electrons. The van der Waals surface area contributed by atoms with Gasteiger partial charge < -0.3 is 0 Å². The van der Waals surface area contributed by atoms with Gasteiger partial charge in [-0.15, -0.1) is 0 Å². The number of anilines is 1. The number of carbonyl (C=O) groups is 5. The number of carbonyl (C=O) groups excluding carboxylic acids is 5. The van der Waals surface area contributed by atoms with Crippen molar-refractivity contribution in [3.8, 4) is 0 Å². The SMILES string of the molecule is Cc1ccc(Cc2ccc(C(C)(C)c3ccc(N4C(=O)c5ccc(C(=O)c6ccc7c(c6)C(=O)N(C)C7=O)cc5C4=O)cc3)cc2)cc1. The lowest BCUT2D eigenvalue weighted by Crippen LogP contribution is -2.29. The minimum Gasteiger partial charge on any atom is -0.289 e. The van der Waals surface area contributed by atoms with Crippen LogP contribution in [0.2, 0.25) is 0 Å². The molecule has 0 saturated carbocycles. The average molecular weight is 633 g/mol. The van der Waals surface area contributed by atoms with Crippen molar-refractivity contribution < 1.29 is 24.0 Å². The van der Waals surface area contributed by atoms with Crippen molar-refractivity contribution in [3.05, 3.63) is 170 Å². The molecular formula is C41H32N2O5. The number of rotatable bonds is 7. The number of amides is 4. The summed E-state index contributed by atoms with van der Waals surface area (Å²) in [5.41, 5.74) is 7.17. The van der Waals surface area contributed by atoms with Crippen LogP contribution >= 0.6 is 0 Å². The van der Waals surface area contributed by atoms with E-state index in [0.717, 1.165) is 27.3 Å². The Morgan fingerprint density at radius 2 is 1.00 bits per heavy atom. The number of ketones is 1. The summed E-state index contributed by atoms with van der Waals surface area (Å²) in [7, 11) is 1.39. The fraction of sp³-hybridized carbons (Fsp3) is 0.146. The van der Waals surface area contributed by atoms with Crippen LogP contribution < -0.4 is 4.90 Å². The zero-order valence-electron chi connectivity index (χ0n) is 27.0. The fourth-order valence-electron chi connectivity index (χ4n) is 6.46. The molecule has 0 aliphatic carbocycles. The van der Waals surface area contributed by atoms with Crippen molar-refractivity contribution in [2.75, 3.05) is 11.9 Å². The van der Waals surface area contributed by atoms with Crippen LogP contribution in [-0.2, 0) is 11.8 Å². The van der Waals surface area contributed by atoms with E-state index >= 15 is 0 Å². The van der Waals surface area contributed by atoms with Crippen molar-refractivity contribution in [2.24, 2.45) is 0 Å². The minimum absolute atomic E-state index is 0.133. The lowest BCUT2D eigenvalue weighted by Gasteiger charge is -2.27. The summed E-state index contributed by atoms with van der Waals surface area (Å²) in [5.74, 6) is -2.30. The van der Waals surface area contributed by atoms with Gasteiger partial charge in [0.15, 0.2) is 5.78 Å². The molecule has 5 aromatic rings. The number of hydrogen-bond acceptors (Lipinski definition) is 5. The van der Waals surface area contributed by atoms with E-state index in [2.05, 4.69) is 69.3 Å². The molecule has 2 heterocycles. The first-order chi connectivity index (χ1) is 22.9. The van der Waals surface area contributed by atoms with Gasteiger partial charge in [-0.25, -0.2) is 4.90 Å². The summed E-state index contributed by atoms with van der Waals surface area (Å²) >= 11 is 0. The molecule has 0 saturated heterocycles. The van der Waals surface area contributed by atoms with Crippen LogP contribution in [0.5, 0.6) is 0 Å². The van der Waals surface area contributed by atoms with E-state index in [1.807, 2.05) is 12.1 Å². The third-order valence-electron chi connectivity index (χ3n) is 9.55. The van der Waals surface area contributed by atoms with Crippen LogP contribution in [0.1, 0.15) is 99.0 Å². The van der Waals surface area contributed by atoms with E-state index in [0.29, 0.717) is 5.69 Å². The molecule has 0 spiro atoms. The topological polar surface area (TPSA) is 91.8 Å². The summed E-state index contributed by atoms with van der Waals surface area (Å²) in [6, 6.07) is 33.4. The Bertz CT molecular complexity index is 2180. The number of aryl methyl sites for hydroxylation is 1. The zero-order valence-corrected chi connectivity index (χ0v) is 27.0. The first-order valence-electron chi connectivity index (χ1n) is 15.7. The summed E-state index contributed by atoms with van der Waals surface area (Å²) in [6.07, 6.45) is 0.862. The molecule has 0 fully saturated rings. The lowest BCUT2D eigenvalue weighted by atomic mass is 9.78. The van der Waals surface area contributed by atoms with Crippen molar-refractivity contribution in [3.63, 3.8) is 0 Å². The van der Waals surface area contributed by atoms with E-state index in [1.165, 1.54) is 60.1 Å². The first kappa shape index (κ1) is 30.7. The number of benzene rings is 5. The van der Waals surface area contributed by atoms with E-state index in [9.17, 15) is 24.0 Å². The smallest absolute Gasteiger partial charge is 0.266 e. The molecule has 2 aliphatic heterocycles. The van der Waals surface area contributed by atoms with Gasteiger partial charge in [0.1, 0.15) is 0 Å². The van der Waals surface area contributed by atoms with E-state index in [-0.39, 0.29) is 38.8 Å². The average Bonchev–Trinajstić information content (AvgIpc) is 3.48. The highest BCUT2D eigenvalue weighted by Crippen LogP contribution is 2.35. The molecule has 0 N–H and O–H groups in total. The van der Waals surface area contributed by atoms with Crippen LogP contribution in [-0.4, -0.2) is 41.4 Å². The third-order valence-corrected chi connectivity index (χ3v) is 9.55. The van der Waals surface area contributed by atoms with E-state index in [4.69, 9.17) is 0 Å². The Morgan fingerprint density at radius 3 is 1.56 bits per heavy atom. The number of fused-ring (bicyclic) bond motifs is 2. The monoisotopic (exact) mass is 632 g/mol. The third kappa shape index (κ3) is 5.04. The van der Waals surface area contributed by atoms with E-state index in [1.54, 1.807) is 12.1 Å². The predicted molar refractivity (Wildman–Crippen MR) is 183 cm³/mol. The Balaban J connectivity index is 1.09. The Morgan fingerprint density at radius 1 is 0.562 bits per heavy atom. The van der Waals surface area contributed by atoms with Gasteiger partial charge in [-0.1, -0.05) is 92.2 Å². The molecule has 7 heteroatoms. The van der Waals surface area contributed by atoms with Gasteiger partial charge in [0.05, 0.1) is 27.9 Å². The first-order valence-corrected chi connectivity index (χ1v) is 15.7. The lowest BCUT2D eigenvalue weighted by molar-refractivity contribution is 0.0692. The Kier molecular flexibility index (Phi) is 7.28. The normalized spacial score (nSPS) is 14.1. The molecule has 0 aromatic heterocycles. The van der Waals surface area contributed by atoms with Gasteiger partial charge >= 0.3 is 0 Å². The maximum Gasteiger partial charge on any atom is 0.266 e. The molecule has 48 heavy (non-hydrogen) atoms. The quantitative estimate of drug-likeness (QED) is 0.140. The van der Waals surface area contributed by atoms with Gasteiger partial charge in [-0.05, 0) is 72.0 Å². The van der Waals surface area contributed by atoms with Crippen LogP contribution in [0, 0.1) is 6.92 Å². The van der Waals surface area contributed by atoms with Crippen molar-refractivity contribution in [1.82, 2.24) is 4.90 Å². The number of hydrogen-bond donors (Lipinski definition) is 0. The van der Waals surface area contributed by atoms with Crippen molar-refractivity contribution >= 4 is 35.1 Å².